The van der Waals surface area contributed by atoms with Crippen LogP contribution < -0.4 is 5.56 Å². The molecule has 3 nitrogen and oxygen atoms in total. The number of aromatic amines is 1. The molecule has 3 aromatic rings. The van der Waals surface area contributed by atoms with Crippen LogP contribution in [0.5, 0.6) is 0 Å². The van der Waals surface area contributed by atoms with Gasteiger partial charge in [0.1, 0.15) is 0 Å². The van der Waals surface area contributed by atoms with E-state index in [0.29, 0.717) is 11.0 Å². The van der Waals surface area contributed by atoms with E-state index in [2.05, 4.69) is 4.98 Å². The summed E-state index contributed by atoms with van der Waals surface area (Å²) in [6, 6.07) is 11.4. The zero-order valence-corrected chi connectivity index (χ0v) is 9.01. The molecule has 0 saturated heterocycles. The average molecular weight is 229 g/mol. The minimum absolute atomic E-state index is 0.105. The van der Waals surface area contributed by atoms with Gasteiger partial charge in [0.15, 0.2) is 5.58 Å². The van der Waals surface area contributed by atoms with Crippen LogP contribution in [0, 0.1) is 4.84 Å². The molecule has 1 heterocycles. The van der Waals surface area contributed by atoms with Crippen LogP contribution in [0.2, 0.25) is 0 Å². The number of hydrogen-bond acceptors (Lipinski definition) is 3. The number of rotatable bonds is 0. The summed E-state index contributed by atoms with van der Waals surface area (Å²) < 4.78 is 5.42. The number of nitrogens with one attached hydrogen (secondary N) is 1. The molecule has 78 valence electrons. The summed E-state index contributed by atoms with van der Waals surface area (Å²) in [5.74, 6) is 0. The lowest BCUT2D eigenvalue weighted by molar-refractivity contribution is 0.560. The second-order valence-corrected chi connectivity index (χ2v) is 3.88. The van der Waals surface area contributed by atoms with Crippen LogP contribution in [0.15, 0.2) is 45.6 Å². The van der Waals surface area contributed by atoms with E-state index in [-0.39, 0.29) is 10.4 Å². The molecule has 0 radical (unpaired) electrons. The summed E-state index contributed by atoms with van der Waals surface area (Å²) in [5, 5.41) is 2.45. The van der Waals surface area contributed by atoms with Crippen LogP contribution in [-0.4, -0.2) is 4.98 Å². The van der Waals surface area contributed by atoms with Crippen LogP contribution in [0.3, 0.4) is 0 Å². The van der Waals surface area contributed by atoms with Crippen LogP contribution in [0.25, 0.3) is 21.7 Å². The molecule has 0 saturated carbocycles. The number of fused-ring (bicyclic) bond motifs is 3. The fourth-order valence-corrected chi connectivity index (χ4v) is 1.99. The van der Waals surface area contributed by atoms with Crippen molar-refractivity contribution in [3.63, 3.8) is 0 Å². The molecule has 1 N–H and O–H groups in total. The minimum Gasteiger partial charge on any atom is -0.430 e. The summed E-state index contributed by atoms with van der Waals surface area (Å²) in [5.41, 5.74) is 0.337. The molecule has 1 aromatic heterocycles. The van der Waals surface area contributed by atoms with Gasteiger partial charge in [0.05, 0.1) is 5.39 Å². The van der Waals surface area contributed by atoms with Gasteiger partial charge in [-0.25, -0.2) is 0 Å². The van der Waals surface area contributed by atoms with Crippen LogP contribution >= 0.6 is 12.2 Å². The summed E-state index contributed by atoms with van der Waals surface area (Å²) in [4.78, 5) is 14.2. The third-order valence-corrected chi connectivity index (χ3v) is 2.72. The average Bonchev–Trinajstić information content (AvgIpc) is 2.28. The lowest BCUT2D eigenvalue weighted by Crippen LogP contribution is -2.05. The van der Waals surface area contributed by atoms with E-state index in [1.54, 1.807) is 6.07 Å². The van der Waals surface area contributed by atoms with Crippen LogP contribution in [-0.2, 0) is 0 Å². The van der Waals surface area contributed by atoms with E-state index >= 15 is 0 Å². The quantitative estimate of drug-likeness (QED) is 0.476. The van der Waals surface area contributed by atoms with Crippen molar-refractivity contribution < 1.29 is 4.42 Å². The first-order valence-corrected chi connectivity index (χ1v) is 5.21. The summed E-state index contributed by atoms with van der Waals surface area (Å²) in [6.45, 7) is 0. The van der Waals surface area contributed by atoms with E-state index < -0.39 is 0 Å². The Hall–Kier alpha value is -1.94. The van der Waals surface area contributed by atoms with Crippen LogP contribution in [0.1, 0.15) is 0 Å². The van der Waals surface area contributed by atoms with E-state index in [1.165, 1.54) is 0 Å². The monoisotopic (exact) mass is 229 g/mol. The normalized spacial score (nSPS) is 11.0. The van der Waals surface area contributed by atoms with Crippen molar-refractivity contribution in [3.05, 3.63) is 51.6 Å². The first kappa shape index (κ1) is 9.30. The molecule has 0 amide bonds. The molecule has 0 spiro atoms. The maximum absolute atomic E-state index is 11.7. The fourth-order valence-electron chi connectivity index (χ4n) is 1.81. The van der Waals surface area contributed by atoms with Crippen molar-refractivity contribution in [2.75, 3.05) is 0 Å². The third kappa shape index (κ3) is 1.27. The maximum atomic E-state index is 11.7. The molecule has 0 aliphatic heterocycles. The van der Waals surface area contributed by atoms with Crippen molar-refractivity contribution in [1.29, 1.82) is 0 Å². The SMILES string of the molecule is O=c1[nH]c(=S)oc2c1ccc1ccccc12. The zero-order chi connectivity index (χ0) is 11.1. The van der Waals surface area contributed by atoms with Crippen molar-refractivity contribution in [2.45, 2.75) is 0 Å². The van der Waals surface area contributed by atoms with Crippen molar-refractivity contribution >= 4 is 34.0 Å². The Balaban J connectivity index is 2.70. The summed E-state index contributed by atoms with van der Waals surface area (Å²) in [7, 11) is 0. The smallest absolute Gasteiger partial charge is 0.269 e. The molecular formula is C12H7NO2S. The van der Waals surface area contributed by atoms with Gasteiger partial charge in [0.25, 0.3) is 10.4 Å². The highest BCUT2D eigenvalue weighted by molar-refractivity contribution is 7.71. The van der Waals surface area contributed by atoms with Crippen molar-refractivity contribution in [1.82, 2.24) is 4.98 Å². The Kier molecular flexibility index (Phi) is 1.91. The molecule has 4 heteroatoms. The predicted molar refractivity (Wildman–Crippen MR) is 65.2 cm³/mol. The number of H-pyrrole nitrogens is 1. The largest absolute Gasteiger partial charge is 0.430 e. The Bertz CT molecular complexity index is 801. The van der Waals surface area contributed by atoms with E-state index in [0.717, 1.165) is 10.8 Å². The Morgan fingerprint density at radius 1 is 1.06 bits per heavy atom. The number of benzene rings is 2. The number of hydrogen-bond donors (Lipinski definition) is 1. The molecule has 0 unspecified atom stereocenters. The highest BCUT2D eigenvalue weighted by atomic mass is 32.1. The van der Waals surface area contributed by atoms with E-state index in [9.17, 15) is 4.79 Å². The first-order chi connectivity index (χ1) is 7.75. The molecule has 0 bridgehead atoms. The Morgan fingerprint density at radius 3 is 2.75 bits per heavy atom. The summed E-state index contributed by atoms with van der Waals surface area (Å²) in [6.07, 6.45) is 0. The molecule has 0 aliphatic rings. The Morgan fingerprint density at radius 2 is 1.88 bits per heavy atom. The standard InChI is InChI=1S/C12H7NO2S/c14-11-9-6-5-7-3-1-2-4-8(7)10(9)15-12(16)13-11/h1-6H,(H,13,14,16). The van der Waals surface area contributed by atoms with Gasteiger partial charge in [-0.15, -0.1) is 0 Å². The topological polar surface area (TPSA) is 46.0 Å². The van der Waals surface area contributed by atoms with Gasteiger partial charge in [-0.3, -0.25) is 9.78 Å². The lowest BCUT2D eigenvalue weighted by atomic mass is 10.1. The third-order valence-electron chi connectivity index (χ3n) is 2.53. The molecule has 2 aromatic carbocycles. The van der Waals surface area contributed by atoms with Gasteiger partial charge in [0.2, 0.25) is 0 Å². The van der Waals surface area contributed by atoms with Gasteiger partial charge in [-0.2, -0.15) is 0 Å². The zero-order valence-electron chi connectivity index (χ0n) is 8.19. The number of aromatic nitrogens is 1. The predicted octanol–water partition coefficient (Wildman–Crippen LogP) is 3.00. The molecule has 3 rings (SSSR count). The van der Waals surface area contributed by atoms with Gasteiger partial charge in [-0.1, -0.05) is 30.3 Å². The second kappa shape index (κ2) is 3.28. The van der Waals surface area contributed by atoms with E-state index in [4.69, 9.17) is 16.6 Å². The Labute approximate surface area is 95.3 Å². The van der Waals surface area contributed by atoms with Gasteiger partial charge >= 0.3 is 0 Å². The maximum Gasteiger partial charge on any atom is 0.269 e. The van der Waals surface area contributed by atoms with Gasteiger partial charge in [-0.05, 0) is 23.7 Å². The molecule has 0 atom stereocenters. The highest BCUT2D eigenvalue weighted by Gasteiger charge is 2.05. The van der Waals surface area contributed by atoms with Gasteiger partial charge in [0, 0.05) is 5.39 Å². The molecule has 0 fully saturated rings. The second-order valence-electron chi connectivity index (χ2n) is 3.51. The highest BCUT2D eigenvalue weighted by Crippen LogP contribution is 2.22. The van der Waals surface area contributed by atoms with Crippen molar-refractivity contribution in [2.24, 2.45) is 0 Å². The molecule has 0 aliphatic carbocycles. The van der Waals surface area contributed by atoms with E-state index in [1.807, 2.05) is 30.3 Å². The molecular weight excluding hydrogens is 222 g/mol. The first-order valence-electron chi connectivity index (χ1n) is 4.80. The van der Waals surface area contributed by atoms with Crippen molar-refractivity contribution in [3.8, 4) is 0 Å². The minimum atomic E-state index is -0.211. The fraction of sp³-hybridized carbons (Fsp3) is 0. The lowest BCUT2D eigenvalue weighted by Gasteiger charge is -2.00. The van der Waals surface area contributed by atoms with Gasteiger partial charge < -0.3 is 4.42 Å². The molecule has 16 heavy (non-hydrogen) atoms. The van der Waals surface area contributed by atoms with Crippen LogP contribution in [0.4, 0.5) is 0 Å². The summed E-state index contributed by atoms with van der Waals surface area (Å²) >= 11 is 4.87.